The third-order valence-corrected chi connectivity index (χ3v) is 3.82. The second-order valence-corrected chi connectivity index (χ2v) is 5.54. The lowest BCUT2D eigenvalue weighted by molar-refractivity contribution is -0.117. The highest BCUT2D eigenvalue weighted by Crippen LogP contribution is 2.39. The molecule has 0 atom stereocenters. The number of benzene rings is 1. The summed E-state index contributed by atoms with van der Waals surface area (Å²) < 4.78 is 10.8. The Balaban J connectivity index is 2.38. The molecule has 0 radical (unpaired) electrons. The average Bonchev–Trinajstić information content (AvgIpc) is 2.88. The van der Waals surface area contributed by atoms with Crippen molar-refractivity contribution in [3.8, 4) is 22.8 Å². The third kappa shape index (κ3) is 3.65. The first-order chi connectivity index (χ1) is 10.0. The topological polar surface area (TPSA) is 74.4 Å². The van der Waals surface area contributed by atoms with E-state index in [1.807, 2.05) is 12.3 Å². The van der Waals surface area contributed by atoms with Crippen molar-refractivity contribution in [1.82, 2.24) is 4.98 Å². The number of carbonyl (C=O) groups is 1. The number of nitrogens with two attached hydrogens (primary N) is 1. The van der Waals surface area contributed by atoms with E-state index < -0.39 is 5.91 Å². The van der Waals surface area contributed by atoms with Crippen molar-refractivity contribution in [2.24, 2.45) is 5.73 Å². The van der Waals surface area contributed by atoms with E-state index in [9.17, 15) is 4.79 Å². The van der Waals surface area contributed by atoms with Crippen molar-refractivity contribution < 1.29 is 14.3 Å². The standard InChI is InChI=1S/C14H15ClN2O3S/c1-3-20-14-9(15)4-8(5-11(14)19-2)10-7-21-13(17-10)6-12(16)18/h4-5,7H,3,6H2,1-2H3,(H2,16,18). The molecule has 2 aromatic rings. The van der Waals surface area contributed by atoms with E-state index in [1.54, 1.807) is 19.2 Å². The molecule has 0 fully saturated rings. The first-order valence-corrected chi connectivity index (χ1v) is 7.54. The van der Waals surface area contributed by atoms with Crippen molar-refractivity contribution in [2.45, 2.75) is 13.3 Å². The maximum atomic E-state index is 10.9. The van der Waals surface area contributed by atoms with E-state index in [1.165, 1.54) is 11.3 Å². The van der Waals surface area contributed by atoms with Gasteiger partial charge in [-0.3, -0.25) is 4.79 Å². The van der Waals surface area contributed by atoms with Gasteiger partial charge in [0.05, 0.1) is 30.9 Å². The summed E-state index contributed by atoms with van der Waals surface area (Å²) >= 11 is 7.61. The number of amides is 1. The number of methoxy groups -OCH3 is 1. The quantitative estimate of drug-likeness (QED) is 0.885. The van der Waals surface area contributed by atoms with Gasteiger partial charge in [-0.25, -0.2) is 4.98 Å². The van der Waals surface area contributed by atoms with Gasteiger partial charge in [-0.1, -0.05) is 11.6 Å². The van der Waals surface area contributed by atoms with Crippen LogP contribution in [0.4, 0.5) is 0 Å². The van der Waals surface area contributed by atoms with Crippen LogP contribution in [0.2, 0.25) is 5.02 Å². The molecule has 1 amide bonds. The summed E-state index contributed by atoms with van der Waals surface area (Å²) in [5.41, 5.74) is 6.69. The van der Waals surface area contributed by atoms with Gasteiger partial charge in [-0.2, -0.15) is 0 Å². The number of rotatable bonds is 6. The van der Waals surface area contributed by atoms with Crippen LogP contribution >= 0.6 is 22.9 Å². The molecule has 5 nitrogen and oxygen atoms in total. The number of hydrogen-bond donors (Lipinski definition) is 1. The van der Waals surface area contributed by atoms with Crippen molar-refractivity contribution in [3.63, 3.8) is 0 Å². The van der Waals surface area contributed by atoms with Gasteiger partial charge in [0.15, 0.2) is 11.5 Å². The SMILES string of the molecule is CCOc1c(Cl)cc(-c2csc(CC(N)=O)n2)cc1OC. The van der Waals surface area contributed by atoms with Gasteiger partial charge in [0.2, 0.25) is 5.91 Å². The number of primary amides is 1. The molecule has 112 valence electrons. The minimum absolute atomic E-state index is 0.132. The van der Waals surface area contributed by atoms with Crippen LogP contribution in [0, 0.1) is 0 Å². The molecule has 0 aliphatic rings. The number of thiazole rings is 1. The second kappa shape index (κ2) is 6.78. The van der Waals surface area contributed by atoms with Gasteiger partial charge in [0, 0.05) is 10.9 Å². The van der Waals surface area contributed by atoms with Gasteiger partial charge in [0.1, 0.15) is 5.01 Å². The van der Waals surface area contributed by atoms with Crippen LogP contribution in [-0.4, -0.2) is 24.6 Å². The van der Waals surface area contributed by atoms with Crippen molar-refractivity contribution in [3.05, 3.63) is 27.5 Å². The Hall–Kier alpha value is -1.79. The first kappa shape index (κ1) is 15.6. The lowest BCUT2D eigenvalue weighted by Crippen LogP contribution is -2.13. The van der Waals surface area contributed by atoms with Crippen LogP contribution in [0.25, 0.3) is 11.3 Å². The number of hydrogen-bond acceptors (Lipinski definition) is 5. The van der Waals surface area contributed by atoms with Crippen molar-refractivity contribution in [1.29, 1.82) is 0 Å². The van der Waals surface area contributed by atoms with E-state index in [-0.39, 0.29) is 6.42 Å². The fourth-order valence-corrected chi connectivity index (χ4v) is 2.90. The maximum absolute atomic E-state index is 10.9. The highest BCUT2D eigenvalue weighted by atomic mass is 35.5. The molecule has 21 heavy (non-hydrogen) atoms. The Bertz CT molecular complexity index is 658. The molecular formula is C14H15ClN2O3S. The minimum atomic E-state index is -0.404. The van der Waals surface area contributed by atoms with Crippen LogP contribution in [0.15, 0.2) is 17.5 Å². The van der Waals surface area contributed by atoms with Crippen molar-refractivity contribution >= 4 is 28.8 Å². The summed E-state index contributed by atoms with van der Waals surface area (Å²) in [7, 11) is 1.55. The summed E-state index contributed by atoms with van der Waals surface area (Å²) in [4.78, 5) is 15.3. The monoisotopic (exact) mass is 326 g/mol. The molecule has 2 N–H and O–H groups in total. The molecule has 7 heteroatoms. The second-order valence-electron chi connectivity index (χ2n) is 4.19. The Morgan fingerprint density at radius 2 is 2.24 bits per heavy atom. The zero-order chi connectivity index (χ0) is 15.4. The van der Waals surface area contributed by atoms with E-state index in [0.717, 1.165) is 11.3 Å². The summed E-state index contributed by atoms with van der Waals surface area (Å²) in [6, 6.07) is 3.57. The molecule has 2 rings (SSSR count). The highest BCUT2D eigenvalue weighted by molar-refractivity contribution is 7.10. The summed E-state index contributed by atoms with van der Waals surface area (Å²) in [6.45, 7) is 2.37. The van der Waals surface area contributed by atoms with Gasteiger partial charge in [-0.15, -0.1) is 11.3 Å². The molecule has 0 spiro atoms. The molecular weight excluding hydrogens is 312 g/mol. The summed E-state index contributed by atoms with van der Waals surface area (Å²) in [5.74, 6) is 0.653. The summed E-state index contributed by atoms with van der Waals surface area (Å²) in [6.07, 6.45) is 0.132. The zero-order valence-electron chi connectivity index (χ0n) is 11.7. The molecule has 1 aromatic heterocycles. The first-order valence-electron chi connectivity index (χ1n) is 6.28. The van der Waals surface area contributed by atoms with Crippen LogP contribution in [-0.2, 0) is 11.2 Å². The fraction of sp³-hybridized carbons (Fsp3) is 0.286. The maximum Gasteiger partial charge on any atom is 0.224 e. The molecule has 0 bridgehead atoms. The zero-order valence-corrected chi connectivity index (χ0v) is 13.3. The fourth-order valence-electron chi connectivity index (χ4n) is 1.83. The Kier molecular flexibility index (Phi) is 5.03. The smallest absolute Gasteiger partial charge is 0.224 e. The Morgan fingerprint density at radius 1 is 1.48 bits per heavy atom. The van der Waals surface area contributed by atoms with Crippen LogP contribution in [0.5, 0.6) is 11.5 Å². The van der Waals surface area contributed by atoms with E-state index >= 15 is 0 Å². The summed E-state index contributed by atoms with van der Waals surface area (Å²) in [5, 5.41) is 2.97. The number of halogens is 1. The predicted molar refractivity (Wildman–Crippen MR) is 83.2 cm³/mol. The third-order valence-electron chi connectivity index (χ3n) is 2.69. The number of nitrogens with zero attached hydrogens (tertiary/aromatic N) is 1. The van der Waals surface area contributed by atoms with Crippen LogP contribution in [0.3, 0.4) is 0 Å². The molecule has 0 saturated heterocycles. The molecule has 0 aliphatic carbocycles. The predicted octanol–water partition coefficient (Wildman–Crippen LogP) is 2.90. The largest absolute Gasteiger partial charge is 0.493 e. The number of carbonyl (C=O) groups excluding carboxylic acids is 1. The molecule has 0 aliphatic heterocycles. The van der Waals surface area contributed by atoms with Gasteiger partial charge >= 0.3 is 0 Å². The number of aromatic nitrogens is 1. The lowest BCUT2D eigenvalue weighted by atomic mass is 10.1. The molecule has 1 heterocycles. The van der Waals surface area contributed by atoms with Crippen LogP contribution < -0.4 is 15.2 Å². The molecule has 1 aromatic carbocycles. The Labute approximate surface area is 131 Å². The highest BCUT2D eigenvalue weighted by Gasteiger charge is 2.14. The van der Waals surface area contributed by atoms with Crippen molar-refractivity contribution in [2.75, 3.05) is 13.7 Å². The Morgan fingerprint density at radius 3 is 2.86 bits per heavy atom. The van der Waals surface area contributed by atoms with Gasteiger partial charge < -0.3 is 15.2 Å². The van der Waals surface area contributed by atoms with E-state index in [2.05, 4.69) is 4.98 Å². The molecule has 0 unspecified atom stereocenters. The average molecular weight is 327 g/mol. The van der Waals surface area contributed by atoms with Crippen LogP contribution in [0.1, 0.15) is 11.9 Å². The van der Waals surface area contributed by atoms with Gasteiger partial charge in [-0.05, 0) is 19.1 Å². The van der Waals surface area contributed by atoms with E-state index in [4.69, 9.17) is 26.8 Å². The van der Waals surface area contributed by atoms with E-state index in [0.29, 0.717) is 28.1 Å². The van der Waals surface area contributed by atoms with Gasteiger partial charge in [0.25, 0.3) is 0 Å². The molecule has 0 saturated carbocycles. The lowest BCUT2D eigenvalue weighted by Gasteiger charge is -2.12. The number of ether oxygens (including phenoxy) is 2. The minimum Gasteiger partial charge on any atom is -0.493 e. The normalized spacial score (nSPS) is 10.4.